The van der Waals surface area contributed by atoms with Gasteiger partial charge in [0.2, 0.25) is 0 Å². The molecule has 1 aromatic carbocycles. The van der Waals surface area contributed by atoms with Gasteiger partial charge in [-0.1, -0.05) is 12.1 Å². The van der Waals surface area contributed by atoms with E-state index in [1.807, 2.05) is 12.1 Å². The van der Waals surface area contributed by atoms with Crippen molar-refractivity contribution < 1.29 is 12.6 Å². The van der Waals surface area contributed by atoms with Gasteiger partial charge in [-0.05, 0) is 42.9 Å². The van der Waals surface area contributed by atoms with Gasteiger partial charge >= 0.3 is 10.1 Å². The Morgan fingerprint density at radius 3 is 2.67 bits per heavy atom. The van der Waals surface area contributed by atoms with Crippen LogP contribution < -0.4 is 4.18 Å². The lowest BCUT2D eigenvalue weighted by Gasteiger charge is -2.18. The predicted octanol–water partition coefficient (Wildman–Crippen LogP) is 1.90. The van der Waals surface area contributed by atoms with Gasteiger partial charge in [0, 0.05) is 0 Å². The second kappa shape index (κ2) is 3.85. The normalized spacial score (nSPS) is 15.8. The molecular formula is C11H14O3S. The zero-order valence-electron chi connectivity index (χ0n) is 8.69. The zero-order chi connectivity index (χ0) is 10.9. The summed E-state index contributed by atoms with van der Waals surface area (Å²) in [6, 6.07) is 5.62. The molecule has 1 aliphatic carbocycles. The highest BCUT2D eigenvalue weighted by Crippen LogP contribution is 2.30. The van der Waals surface area contributed by atoms with Gasteiger partial charge in [-0.3, -0.25) is 0 Å². The number of hydrogen-bond acceptors (Lipinski definition) is 3. The highest BCUT2D eigenvalue weighted by Gasteiger charge is 2.16. The molecule has 0 aromatic heterocycles. The van der Waals surface area contributed by atoms with Crippen molar-refractivity contribution in [2.24, 2.45) is 0 Å². The summed E-state index contributed by atoms with van der Waals surface area (Å²) in [4.78, 5) is 0. The maximum absolute atomic E-state index is 11.1. The minimum absolute atomic E-state index is 0.509. The summed E-state index contributed by atoms with van der Waals surface area (Å²) >= 11 is 0. The highest BCUT2D eigenvalue weighted by molar-refractivity contribution is 7.86. The van der Waals surface area contributed by atoms with Crippen molar-refractivity contribution in [3.63, 3.8) is 0 Å². The maximum Gasteiger partial charge on any atom is 0.306 e. The van der Waals surface area contributed by atoms with Crippen LogP contribution in [0.15, 0.2) is 18.2 Å². The van der Waals surface area contributed by atoms with Gasteiger partial charge in [0.25, 0.3) is 0 Å². The number of fused-ring (bicyclic) bond motifs is 1. The Labute approximate surface area is 90.2 Å². The van der Waals surface area contributed by atoms with Crippen LogP contribution >= 0.6 is 0 Å². The third kappa shape index (κ3) is 2.50. The van der Waals surface area contributed by atoms with Crippen molar-refractivity contribution in [2.75, 3.05) is 6.26 Å². The summed E-state index contributed by atoms with van der Waals surface area (Å²) < 4.78 is 27.1. The van der Waals surface area contributed by atoms with E-state index in [0.29, 0.717) is 5.75 Å². The summed E-state index contributed by atoms with van der Waals surface area (Å²) in [6.45, 7) is 0. The van der Waals surface area contributed by atoms with Crippen LogP contribution in [0.4, 0.5) is 0 Å². The molecule has 0 fully saturated rings. The SMILES string of the molecule is CS(=O)(=O)Oc1cccc2c1CCCC2. The Balaban J connectivity index is 2.39. The quantitative estimate of drug-likeness (QED) is 0.723. The summed E-state index contributed by atoms with van der Waals surface area (Å²) in [5.74, 6) is 0.509. The maximum atomic E-state index is 11.1. The predicted molar refractivity (Wildman–Crippen MR) is 58.6 cm³/mol. The summed E-state index contributed by atoms with van der Waals surface area (Å²) in [6.07, 6.45) is 5.30. The molecule has 0 heterocycles. The summed E-state index contributed by atoms with van der Waals surface area (Å²) in [5.41, 5.74) is 2.29. The van der Waals surface area contributed by atoms with E-state index in [2.05, 4.69) is 0 Å². The molecular weight excluding hydrogens is 212 g/mol. The van der Waals surface area contributed by atoms with E-state index in [1.54, 1.807) is 6.07 Å². The van der Waals surface area contributed by atoms with Crippen molar-refractivity contribution in [2.45, 2.75) is 25.7 Å². The lowest BCUT2D eigenvalue weighted by atomic mass is 9.91. The minimum Gasteiger partial charge on any atom is -0.382 e. The fourth-order valence-corrected chi connectivity index (χ4v) is 2.47. The monoisotopic (exact) mass is 226 g/mol. The molecule has 82 valence electrons. The molecule has 0 unspecified atom stereocenters. The number of benzene rings is 1. The van der Waals surface area contributed by atoms with Crippen molar-refractivity contribution >= 4 is 10.1 Å². The molecule has 1 aliphatic rings. The van der Waals surface area contributed by atoms with E-state index in [4.69, 9.17) is 4.18 Å². The molecule has 0 radical (unpaired) electrons. The largest absolute Gasteiger partial charge is 0.382 e. The van der Waals surface area contributed by atoms with Gasteiger partial charge in [-0.15, -0.1) is 0 Å². The molecule has 0 bridgehead atoms. The first-order valence-corrected chi connectivity index (χ1v) is 6.88. The average molecular weight is 226 g/mol. The first-order valence-electron chi connectivity index (χ1n) is 5.06. The van der Waals surface area contributed by atoms with Gasteiger partial charge in [0.1, 0.15) is 5.75 Å². The highest BCUT2D eigenvalue weighted by atomic mass is 32.2. The Kier molecular flexibility index (Phi) is 2.69. The molecule has 0 spiro atoms. The molecule has 1 aromatic rings. The van der Waals surface area contributed by atoms with Crippen LogP contribution in [0.2, 0.25) is 0 Å². The van der Waals surface area contributed by atoms with Crippen molar-refractivity contribution in [3.05, 3.63) is 29.3 Å². The fourth-order valence-electron chi connectivity index (χ4n) is 1.99. The molecule has 0 saturated heterocycles. The van der Waals surface area contributed by atoms with Crippen LogP contribution in [-0.2, 0) is 23.0 Å². The molecule has 0 atom stereocenters. The van der Waals surface area contributed by atoms with E-state index < -0.39 is 10.1 Å². The minimum atomic E-state index is -3.41. The van der Waals surface area contributed by atoms with Gasteiger partial charge in [0.15, 0.2) is 0 Å². The third-order valence-electron chi connectivity index (χ3n) is 2.59. The van der Waals surface area contributed by atoms with Crippen molar-refractivity contribution in [1.29, 1.82) is 0 Å². The van der Waals surface area contributed by atoms with E-state index >= 15 is 0 Å². The first-order chi connectivity index (χ1) is 7.06. The van der Waals surface area contributed by atoms with Crippen LogP contribution in [0.1, 0.15) is 24.0 Å². The summed E-state index contributed by atoms with van der Waals surface area (Å²) in [7, 11) is -3.41. The lowest BCUT2D eigenvalue weighted by Crippen LogP contribution is -2.10. The molecule has 2 rings (SSSR count). The van der Waals surface area contributed by atoms with Gasteiger partial charge in [-0.25, -0.2) is 0 Å². The molecule has 0 N–H and O–H groups in total. The van der Waals surface area contributed by atoms with Crippen LogP contribution in [0.3, 0.4) is 0 Å². The van der Waals surface area contributed by atoms with E-state index in [-0.39, 0.29) is 0 Å². The lowest BCUT2D eigenvalue weighted by molar-refractivity contribution is 0.486. The van der Waals surface area contributed by atoms with Crippen molar-refractivity contribution in [1.82, 2.24) is 0 Å². The topological polar surface area (TPSA) is 43.4 Å². The van der Waals surface area contributed by atoms with E-state index in [1.165, 1.54) is 12.0 Å². The van der Waals surface area contributed by atoms with Gasteiger partial charge in [0.05, 0.1) is 6.26 Å². The standard InChI is InChI=1S/C11H14O3S/c1-15(12,13)14-11-8-4-6-9-5-2-3-7-10(9)11/h4,6,8H,2-3,5,7H2,1H3. The fraction of sp³-hybridized carbons (Fsp3) is 0.455. The average Bonchev–Trinajstić information content (AvgIpc) is 2.16. The molecule has 3 nitrogen and oxygen atoms in total. The van der Waals surface area contributed by atoms with Crippen LogP contribution in [-0.4, -0.2) is 14.7 Å². The van der Waals surface area contributed by atoms with Crippen LogP contribution in [0, 0.1) is 0 Å². The zero-order valence-corrected chi connectivity index (χ0v) is 9.51. The molecule has 0 saturated carbocycles. The number of hydrogen-bond donors (Lipinski definition) is 0. The Bertz CT molecular complexity index is 463. The molecule has 4 heteroatoms. The molecule has 0 amide bonds. The first kappa shape index (κ1) is 10.5. The Morgan fingerprint density at radius 2 is 1.93 bits per heavy atom. The third-order valence-corrected chi connectivity index (χ3v) is 3.08. The number of aryl methyl sites for hydroxylation is 1. The van der Waals surface area contributed by atoms with E-state index in [0.717, 1.165) is 31.1 Å². The summed E-state index contributed by atoms with van der Waals surface area (Å²) in [5, 5.41) is 0. The molecule has 0 aliphatic heterocycles. The Hall–Kier alpha value is -1.03. The second-order valence-electron chi connectivity index (χ2n) is 3.89. The van der Waals surface area contributed by atoms with Gasteiger partial charge < -0.3 is 4.18 Å². The Morgan fingerprint density at radius 1 is 1.20 bits per heavy atom. The van der Waals surface area contributed by atoms with Crippen LogP contribution in [0.25, 0.3) is 0 Å². The number of rotatable bonds is 2. The van der Waals surface area contributed by atoms with Crippen molar-refractivity contribution in [3.8, 4) is 5.75 Å². The smallest absolute Gasteiger partial charge is 0.306 e. The van der Waals surface area contributed by atoms with Crippen LogP contribution in [0.5, 0.6) is 5.75 Å². The molecule has 15 heavy (non-hydrogen) atoms. The van der Waals surface area contributed by atoms with Gasteiger partial charge in [-0.2, -0.15) is 8.42 Å². The second-order valence-corrected chi connectivity index (χ2v) is 5.46. The van der Waals surface area contributed by atoms with E-state index in [9.17, 15) is 8.42 Å².